The van der Waals surface area contributed by atoms with E-state index in [1.54, 1.807) is 25.1 Å². The Hall–Kier alpha value is -2.01. The summed E-state index contributed by atoms with van der Waals surface area (Å²) in [6.07, 6.45) is 0.678. The first-order valence-corrected chi connectivity index (χ1v) is 6.18. The highest BCUT2D eigenvalue weighted by Gasteiger charge is 2.18. The Labute approximate surface area is 110 Å². The van der Waals surface area contributed by atoms with Gasteiger partial charge in [0.05, 0.1) is 17.5 Å². The van der Waals surface area contributed by atoms with Gasteiger partial charge in [-0.1, -0.05) is 0 Å². The van der Waals surface area contributed by atoms with E-state index >= 15 is 0 Å². The first-order valence-electron chi connectivity index (χ1n) is 6.18. The largest absolute Gasteiger partial charge is 0.462 e. The molecule has 0 bridgehead atoms. The number of ketones is 1. The van der Waals surface area contributed by atoms with E-state index in [1.165, 1.54) is 6.08 Å². The molecule has 1 heterocycles. The van der Waals surface area contributed by atoms with Gasteiger partial charge in [0.1, 0.15) is 0 Å². The van der Waals surface area contributed by atoms with Gasteiger partial charge in [-0.25, -0.2) is 9.79 Å². The number of hydrogen-bond acceptors (Lipinski definition) is 5. The molecule has 5 heteroatoms. The zero-order valence-electron chi connectivity index (χ0n) is 10.9. The van der Waals surface area contributed by atoms with Crippen molar-refractivity contribution >= 4 is 17.8 Å². The third kappa shape index (κ3) is 2.88. The van der Waals surface area contributed by atoms with Crippen molar-refractivity contribution in [3.8, 4) is 0 Å². The summed E-state index contributed by atoms with van der Waals surface area (Å²) >= 11 is 0. The van der Waals surface area contributed by atoms with Crippen LogP contribution in [0.1, 0.15) is 24.2 Å². The summed E-state index contributed by atoms with van der Waals surface area (Å²) in [6, 6.07) is 4.93. The Morgan fingerprint density at radius 1 is 1.32 bits per heavy atom. The smallest absolute Gasteiger partial charge is 0.338 e. The molecule has 0 spiro atoms. The van der Waals surface area contributed by atoms with Gasteiger partial charge in [-0.3, -0.25) is 4.79 Å². The molecule has 0 amide bonds. The van der Waals surface area contributed by atoms with Crippen LogP contribution < -0.4 is 10.6 Å². The van der Waals surface area contributed by atoms with Gasteiger partial charge in [0.15, 0.2) is 0 Å². The van der Waals surface area contributed by atoms with Crippen LogP contribution in [0.5, 0.6) is 0 Å². The Balaban J connectivity index is 2.40. The summed E-state index contributed by atoms with van der Waals surface area (Å²) in [4.78, 5) is 27.6. The molecule has 0 aromatic heterocycles. The minimum Gasteiger partial charge on any atom is -0.462 e. The fraction of sp³-hybridized carbons (Fsp3) is 0.357. The maximum absolute atomic E-state index is 11.8. The average Bonchev–Trinajstić information content (AvgIpc) is 2.39. The summed E-state index contributed by atoms with van der Waals surface area (Å²) in [5, 5.41) is 1.26. The zero-order chi connectivity index (χ0) is 13.8. The highest BCUT2D eigenvalue weighted by molar-refractivity contribution is 6.09. The standard InChI is InChI=1S/C14H15NO4/c1-3-18-13-12(16)8-10-7-9(14(17)19-4-2)5-6-11(10)15-13/h5-8,13H,3-4H2,1-2H3. The van der Waals surface area contributed by atoms with Gasteiger partial charge in [-0.15, -0.1) is 0 Å². The summed E-state index contributed by atoms with van der Waals surface area (Å²) < 4.78 is 10.1. The number of nitrogens with zero attached hydrogens (tertiary/aromatic N) is 1. The third-order valence-electron chi connectivity index (χ3n) is 2.66. The molecular formula is C14H15NO4. The van der Waals surface area contributed by atoms with Crippen LogP contribution in [-0.2, 0) is 14.3 Å². The Bertz CT molecular complexity index is 621. The van der Waals surface area contributed by atoms with E-state index in [1.807, 2.05) is 6.92 Å². The lowest BCUT2D eigenvalue weighted by atomic mass is 10.1. The zero-order valence-corrected chi connectivity index (χ0v) is 10.9. The van der Waals surface area contributed by atoms with Gasteiger partial charge in [-0.2, -0.15) is 0 Å². The molecule has 100 valence electrons. The molecule has 1 aromatic carbocycles. The molecular weight excluding hydrogens is 246 g/mol. The number of fused-ring (bicyclic) bond motifs is 1. The molecule has 5 nitrogen and oxygen atoms in total. The second kappa shape index (κ2) is 5.75. The second-order valence-corrected chi connectivity index (χ2v) is 3.98. The van der Waals surface area contributed by atoms with E-state index < -0.39 is 12.2 Å². The predicted molar refractivity (Wildman–Crippen MR) is 68.1 cm³/mol. The van der Waals surface area contributed by atoms with Crippen LogP contribution >= 0.6 is 0 Å². The lowest BCUT2D eigenvalue weighted by Gasteiger charge is -2.12. The molecule has 0 fully saturated rings. The van der Waals surface area contributed by atoms with Crippen LogP contribution in [-0.4, -0.2) is 31.2 Å². The Morgan fingerprint density at radius 3 is 2.79 bits per heavy atom. The van der Waals surface area contributed by atoms with Crippen molar-refractivity contribution in [1.29, 1.82) is 0 Å². The van der Waals surface area contributed by atoms with Gasteiger partial charge in [0.2, 0.25) is 12.0 Å². The monoisotopic (exact) mass is 261 g/mol. The molecule has 1 atom stereocenters. The number of hydrogen-bond donors (Lipinski definition) is 0. The number of carbonyl (C=O) groups is 2. The normalized spacial score (nSPS) is 17.2. The highest BCUT2D eigenvalue weighted by Crippen LogP contribution is 2.01. The molecule has 0 saturated heterocycles. The number of Topliss-reactive ketones (excluding diaryl/α,β-unsaturated/α-hetero) is 1. The van der Waals surface area contributed by atoms with Crippen molar-refractivity contribution in [1.82, 2.24) is 0 Å². The molecule has 19 heavy (non-hydrogen) atoms. The molecule has 1 aliphatic rings. The fourth-order valence-corrected chi connectivity index (χ4v) is 1.82. The van der Waals surface area contributed by atoms with Gasteiger partial charge in [-0.05, 0) is 38.1 Å². The van der Waals surface area contributed by atoms with Crippen molar-refractivity contribution in [3.63, 3.8) is 0 Å². The van der Waals surface area contributed by atoms with Crippen molar-refractivity contribution < 1.29 is 19.1 Å². The topological polar surface area (TPSA) is 65.0 Å². The Kier molecular flexibility index (Phi) is 4.06. The molecule has 1 unspecified atom stereocenters. The molecule has 2 rings (SSSR count). The number of esters is 1. The first-order chi connectivity index (χ1) is 9.15. The van der Waals surface area contributed by atoms with Crippen LogP contribution in [0, 0.1) is 0 Å². The maximum atomic E-state index is 11.8. The molecule has 1 aromatic rings. The number of ether oxygens (including phenoxy) is 2. The number of benzene rings is 1. The molecule has 0 aliphatic carbocycles. The highest BCUT2D eigenvalue weighted by atomic mass is 16.5. The molecule has 0 N–H and O–H groups in total. The molecule has 1 aliphatic heterocycles. The third-order valence-corrected chi connectivity index (χ3v) is 2.66. The first kappa shape index (κ1) is 13.4. The van der Waals surface area contributed by atoms with Crippen LogP contribution in [0.3, 0.4) is 0 Å². The van der Waals surface area contributed by atoms with E-state index in [9.17, 15) is 9.59 Å². The summed E-state index contributed by atoms with van der Waals surface area (Å²) in [5.74, 6) is -0.617. The van der Waals surface area contributed by atoms with Crippen LogP contribution in [0.15, 0.2) is 23.2 Å². The summed E-state index contributed by atoms with van der Waals surface area (Å²) in [7, 11) is 0. The molecule has 0 saturated carbocycles. The van der Waals surface area contributed by atoms with E-state index in [0.29, 0.717) is 29.4 Å². The van der Waals surface area contributed by atoms with Crippen LogP contribution in [0.2, 0.25) is 0 Å². The summed E-state index contributed by atoms with van der Waals surface area (Å²) in [5.41, 5.74) is 0.412. The van der Waals surface area contributed by atoms with Crippen LogP contribution in [0.4, 0.5) is 0 Å². The molecule has 0 radical (unpaired) electrons. The van der Waals surface area contributed by atoms with Crippen molar-refractivity contribution in [2.24, 2.45) is 4.99 Å². The lowest BCUT2D eigenvalue weighted by Crippen LogP contribution is -2.37. The average molecular weight is 261 g/mol. The minimum absolute atomic E-state index is 0.213. The number of carbonyl (C=O) groups excluding carboxylic acids is 2. The van der Waals surface area contributed by atoms with Crippen LogP contribution in [0.25, 0.3) is 6.08 Å². The Morgan fingerprint density at radius 2 is 2.11 bits per heavy atom. The van der Waals surface area contributed by atoms with Crippen molar-refractivity contribution in [3.05, 3.63) is 34.3 Å². The van der Waals surface area contributed by atoms with Crippen molar-refractivity contribution in [2.45, 2.75) is 20.1 Å². The van der Waals surface area contributed by atoms with E-state index in [2.05, 4.69) is 4.99 Å². The summed E-state index contributed by atoms with van der Waals surface area (Å²) in [6.45, 7) is 4.29. The minimum atomic E-state index is -0.772. The number of rotatable bonds is 4. The van der Waals surface area contributed by atoms with E-state index in [-0.39, 0.29) is 5.78 Å². The second-order valence-electron chi connectivity index (χ2n) is 3.98. The van der Waals surface area contributed by atoms with Crippen molar-refractivity contribution in [2.75, 3.05) is 13.2 Å². The van der Waals surface area contributed by atoms with E-state index in [0.717, 1.165) is 0 Å². The van der Waals surface area contributed by atoms with Gasteiger partial charge >= 0.3 is 5.97 Å². The SMILES string of the molecule is CCOC(=O)c1ccc2c(c1)=CC(=O)C(OCC)N=2. The maximum Gasteiger partial charge on any atom is 0.338 e. The van der Waals surface area contributed by atoms with Gasteiger partial charge in [0.25, 0.3) is 0 Å². The fourth-order valence-electron chi connectivity index (χ4n) is 1.82. The van der Waals surface area contributed by atoms with Gasteiger partial charge in [0, 0.05) is 11.8 Å². The van der Waals surface area contributed by atoms with Gasteiger partial charge < -0.3 is 9.47 Å². The lowest BCUT2D eigenvalue weighted by molar-refractivity contribution is -0.123. The predicted octanol–water partition coefficient (Wildman–Crippen LogP) is 0.209. The quantitative estimate of drug-likeness (QED) is 0.727. The van der Waals surface area contributed by atoms with E-state index in [4.69, 9.17) is 9.47 Å².